The minimum absolute atomic E-state index is 0.0287. The number of phenols is 1. The van der Waals surface area contributed by atoms with Crippen LogP contribution in [-0.2, 0) is 0 Å². The molecule has 0 aliphatic rings. The Morgan fingerprint density at radius 1 is 1.38 bits per heavy atom. The molecule has 2 aromatic heterocycles. The third-order valence-electron chi connectivity index (χ3n) is 3.21. The average molecular weight is 341 g/mol. The summed E-state index contributed by atoms with van der Waals surface area (Å²) in [6.07, 6.45) is 4.85. The highest BCUT2D eigenvalue weighted by Gasteiger charge is 2.09. The Morgan fingerprint density at radius 2 is 2.25 bits per heavy atom. The quantitative estimate of drug-likeness (QED) is 0.550. The number of hydrogen-bond donors (Lipinski definition) is 2. The minimum Gasteiger partial charge on any atom is -0.504 e. The minimum atomic E-state index is 0.0287. The molecule has 0 bridgehead atoms. The van der Waals surface area contributed by atoms with Crippen molar-refractivity contribution in [2.45, 2.75) is 6.92 Å². The van der Waals surface area contributed by atoms with Gasteiger partial charge in [0.2, 0.25) is 4.77 Å². The molecular weight excluding hydrogens is 326 g/mol. The van der Waals surface area contributed by atoms with Gasteiger partial charge in [-0.05, 0) is 43.4 Å². The van der Waals surface area contributed by atoms with E-state index in [9.17, 15) is 5.11 Å². The first-order valence-electron chi connectivity index (χ1n) is 7.27. The second-order valence-corrected chi connectivity index (χ2v) is 5.16. The van der Waals surface area contributed by atoms with E-state index in [0.29, 0.717) is 28.5 Å². The van der Waals surface area contributed by atoms with Gasteiger partial charge in [-0.15, -0.1) is 0 Å². The Balaban J connectivity index is 1.98. The van der Waals surface area contributed by atoms with Gasteiger partial charge in [-0.2, -0.15) is 14.9 Å². The van der Waals surface area contributed by atoms with Crippen LogP contribution < -0.4 is 4.74 Å². The lowest BCUT2D eigenvalue weighted by molar-refractivity contribution is 0.318. The van der Waals surface area contributed by atoms with Gasteiger partial charge in [-0.3, -0.25) is 4.98 Å². The van der Waals surface area contributed by atoms with Crippen molar-refractivity contribution in [3.05, 3.63) is 53.1 Å². The van der Waals surface area contributed by atoms with Crippen LogP contribution in [0.5, 0.6) is 11.5 Å². The smallest absolute Gasteiger partial charge is 0.216 e. The van der Waals surface area contributed by atoms with Gasteiger partial charge in [0.05, 0.1) is 12.8 Å². The van der Waals surface area contributed by atoms with Gasteiger partial charge in [-0.25, -0.2) is 5.10 Å². The highest BCUT2D eigenvalue weighted by Crippen LogP contribution is 2.28. The molecule has 0 unspecified atom stereocenters. The maximum absolute atomic E-state index is 10.2. The van der Waals surface area contributed by atoms with E-state index in [-0.39, 0.29) is 5.75 Å². The number of rotatable bonds is 5. The fourth-order valence-electron chi connectivity index (χ4n) is 2.12. The van der Waals surface area contributed by atoms with Gasteiger partial charge >= 0.3 is 0 Å². The van der Waals surface area contributed by atoms with E-state index in [1.54, 1.807) is 36.7 Å². The first-order chi connectivity index (χ1) is 11.7. The number of aromatic hydroxyl groups is 1. The second-order valence-electron chi connectivity index (χ2n) is 4.78. The first-order valence-corrected chi connectivity index (χ1v) is 7.68. The van der Waals surface area contributed by atoms with E-state index in [1.165, 1.54) is 10.9 Å². The first kappa shape index (κ1) is 15.9. The van der Waals surface area contributed by atoms with Crippen molar-refractivity contribution in [1.82, 2.24) is 19.9 Å². The van der Waals surface area contributed by atoms with Gasteiger partial charge in [0.1, 0.15) is 0 Å². The van der Waals surface area contributed by atoms with Crippen LogP contribution in [0.15, 0.2) is 47.8 Å². The van der Waals surface area contributed by atoms with Crippen molar-refractivity contribution in [2.24, 2.45) is 5.10 Å². The summed E-state index contributed by atoms with van der Waals surface area (Å²) in [4.78, 5) is 4.07. The number of pyridine rings is 1. The average Bonchev–Trinajstić information content (AvgIpc) is 2.97. The number of benzene rings is 1. The lowest BCUT2D eigenvalue weighted by atomic mass is 10.2. The molecule has 3 aromatic rings. The molecule has 0 aliphatic heterocycles. The van der Waals surface area contributed by atoms with Crippen molar-refractivity contribution in [3.8, 4) is 22.9 Å². The molecule has 0 atom stereocenters. The molecule has 2 heterocycles. The molecule has 0 radical (unpaired) electrons. The van der Waals surface area contributed by atoms with Crippen molar-refractivity contribution in [2.75, 3.05) is 6.61 Å². The summed E-state index contributed by atoms with van der Waals surface area (Å²) >= 11 is 5.21. The number of ether oxygens (including phenoxy) is 1. The topological polar surface area (TPSA) is 88.3 Å². The SMILES string of the molecule is CCOc1cccc(C=Nn2c(-c3cccnc3)n[nH]c2=S)c1O. The van der Waals surface area contributed by atoms with Crippen LogP contribution in [0.4, 0.5) is 0 Å². The summed E-state index contributed by atoms with van der Waals surface area (Å²) in [7, 11) is 0. The van der Waals surface area contributed by atoms with Gasteiger partial charge in [0.15, 0.2) is 17.3 Å². The molecule has 0 aliphatic carbocycles. The summed E-state index contributed by atoms with van der Waals surface area (Å²) < 4.78 is 7.18. The Morgan fingerprint density at radius 3 is 3.00 bits per heavy atom. The zero-order chi connectivity index (χ0) is 16.9. The van der Waals surface area contributed by atoms with E-state index in [0.717, 1.165) is 5.56 Å². The maximum Gasteiger partial charge on any atom is 0.216 e. The van der Waals surface area contributed by atoms with E-state index < -0.39 is 0 Å². The van der Waals surface area contributed by atoms with Crippen LogP contribution in [0.25, 0.3) is 11.4 Å². The van der Waals surface area contributed by atoms with Gasteiger partial charge in [0.25, 0.3) is 0 Å². The second kappa shape index (κ2) is 7.05. The van der Waals surface area contributed by atoms with Crippen molar-refractivity contribution >= 4 is 18.4 Å². The van der Waals surface area contributed by atoms with E-state index in [2.05, 4.69) is 20.3 Å². The molecule has 0 saturated carbocycles. The van der Waals surface area contributed by atoms with Crippen LogP contribution in [-0.4, -0.2) is 37.8 Å². The van der Waals surface area contributed by atoms with Gasteiger partial charge < -0.3 is 9.84 Å². The number of para-hydroxylation sites is 1. The van der Waals surface area contributed by atoms with Crippen LogP contribution >= 0.6 is 12.2 Å². The fraction of sp³-hybridized carbons (Fsp3) is 0.125. The molecule has 122 valence electrons. The van der Waals surface area contributed by atoms with E-state index in [1.807, 2.05) is 13.0 Å². The lowest BCUT2D eigenvalue weighted by Gasteiger charge is -2.07. The lowest BCUT2D eigenvalue weighted by Crippen LogP contribution is -1.97. The number of nitrogens with one attached hydrogen (secondary N) is 1. The summed E-state index contributed by atoms with van der Waals surface area (Å²) in [5.41, 5.74) is 1.29. The molecule has 0 saturated heterocycles. The number of nitrogens with zero attached hydrogens (tertiary/aromatic N) is 4. The molecule has 3 rings (SSSR count). The van der Waals surface area contributed by atoms with Crippen LogP contribution in [0, 0.1) is 4.77 Å². The number of H-pyrrole nitrogens is 1. The van der Waals surface area contributed by atoms with Gasteiger partial charge in [0, 0.05) is 23.5 Å². The summed E-state index contributed by atoms with van der Waals surface area (Å²) in [5, 5.41) is 21.4. The van der Waals surface area contributed by atoms with Crippen molar-refractivity contribution < 1.29 is 9.84 Å². The van der Waals surface area contributed by atoms with Crippen molar-refractivity contribution in [3.63, 3.8) is 0 Å². The molecule has 24 heavy (non-hydrogen) atoms. The Bertz CT molecular complexity index is 918. The molecular formula is C16H15N5O2S. The Kier molecular flexibility index (Phi) is 4.66. The predicted molar refractivity (Wildman–Crippen MR) is 92.9 cm³/mol. The third kappa shape index (κ3) is 3.18. The number of hydrogen-bond acceptors (Lipinski definition) is 6. The number of aromatic nitrogens is 4. The molecule has 1 aromatic carbocycles. The standard InChI is InChI=1S/C16H15N5O2S/c1-2-23-13-7-3-5-11(14(13)22)10-18-21-15(19-20-16(21)24)12-6-4-8-17-9-12/h3-10,22H,2H2,1H3,(H,20,24). The Hall–Kier alpha value is -3.00. The normalized spacial score (nSPS) is 11.0. The molecule has 8 heteroatoms. The zero-order valence-corrected chi connectivity index (χ0v) is 13.7. The van der Waals surface area contributed by atoms with E-state index in [4.69, 9.17) is 17.0 Å². The predicted octanol–water partition coefficient (Wildman–Crippen LogP) is 2.99. The Labute approximate surface area is 143 Å². The highest BCUT2D eigenvalue weighted by atomic mass is 32.1. The molecule has 2 N–H and O–H groups in total. The van der Waals surface area contributed by atoms with E-state index >= 15 is 0 Å². The molecule has 7 nitrogen and oxygen atoms in total. The van der Waals surface area contributed by atoms with Crippen LogP contribution in [0.3, 0.4) is 0 Å². The van der Waals surface area contributed by atoms with Gasteiger partial charge in [-0.1, -0.05) is 6.07 Å². The molecule has 0 amide bonds. The monoisotopic (exact) mass is 341 g/mol. The summed E-state index contributed by atoms with van der Waals surface area (Å²) in [5.74, 6) is 0.968. The molecule has 0 spiro atoms. The highest BCUT2D eigenvalue weighted by molar-refractivity contribution is 7.71. The largest absolute Gasteiger partial charge is 0.504 e. The fourth-order valence-corrected chi connectivity index (χ4v) is 2.30. The van der Waals surface area contributed by atoms with Crippen LogP contribution in [0.1, 0.15) is 12.5 Å². The van der Waals surface area contributed by atoms with Crippen LogP contribution in [0.2, 0.25) is 0 Å². The summed E-state index contributed by atoms with van der Waals surface area (Å²) in [6, 6.07) is 8.87. The third-order valence-corrected chi connectivity index (χ3v) is 3.48. The zero-order valence-electron chi connectivity index (χ0n) is 12.9. The number of aromatic amines is 1. The maximum atomic E-state index is 10.2. The van der Waals surface area contributed by atoms with Crippen molar-refractivity contribution in [1.29, 1.82) is 0 Å². The number of phenolic OH excluding ortho intramolecular Hbond substituents is 1. The molecule has 0 fully saturated rings. The summed E-state index contributed by atoms with van der Waals surface area (Å²) in [6.45, 7) is 2.32.